The first-order valence-electron chi connectivity index (χ1n) is 6.21. The number of hydrogen-bond acceptors (Lipinski definition) is 4. The Bertz CT molecular complexity index is 489. The second kappa shape index (κ2) is 5.40. The van der Waals surface area contributed by atoms with E-state index in [9.17, 15) is 9.59 Å². The lowest BCUT2D eigenvalue weighted by Crippen LogP contribution is -2.47. The van der Waals surface area contributed by atoms with Crippen molar-refractivity contribution in [1.82, 2.24) is 19.6 Å². The highest BCUT2D eigenvalue weighted by molar-refractivity contribution is 5.92. The van der Waals surface area contributed by atoms with Gasteiger partial charge in [-0.15, -0.1) is 0 Å². The van der Waals surface area contributed by atoms with E-state index >= 15 is 0 Å². The summed E-state index contributed by atoms with van der Waals surface area (Å²) in [6.45, 7) is 4.58. The largest absolute Gasteiger partial charge is 0.480 e. The molecule has 1 aliphatic rings. The molecule has 0 bridgehead atoms. The molecular weight excluding hydrogens is 248 g/mol. The number of carboxylic acids is 1. The summed E-state index contributed by atoms with van der Waals surface area (Å²) in [6.07, 6.45) is 0. The lowest BCUT2D eigenvalue weighted by molar-refractivity contribution is -0.137. The fraction of sp³-hybridized carbons (Fsp3) is 0.583. The van der Waals surface area contributed by atoms with Crippen LogP contribution in [-0.2, 0) is 11.3 Å². The molecule has 0 unspecified atom stereocenters. The van der Waals surface area contributed by atoms with Gasteiger partial charge in [-0.25, -0.2) is 0 Å². The molecule has 0 atom stereocenters. The summed E-state index contributed by atoms with van der Waals surface area (Å²) >= 11 is 0. The molecule has 1 fully saturated rings. The number of likely N-dealkylation sites (N-methyl/N-ethyl adjacent to an activating group) is 1. The van der Waals surface area contributed by atoms with E-state index in [0.29, 0.717) is 24.5 Å². The summed E-state index contributed by atoms with van der Waals surface area (Å²) in [5, 5.41) is 12.8. The van der Waals surface area contributed by atoms with Gasteiger partial charge in [0.15, 0.2) is 5.69 Å². The Morgan fingerprint density at radius 2 is 1.95 bits per heavy atom. The quantitative estimate of drug-likeness (QED) is 0.810. The van der Waals surface area contributed by atoms with E-state index in [-0.39, 0.29) is 12.5 Å². The van der Waals surface area contributed by atoms with E-state index in [2.05, 4.69) is 10.00 Å². The van der Waals surface area contributed by atoms with Gasteiger partial charge in [0, 0.05) is 31.9 Å². The number of piperazine rings is 1. The minimum absolute atomic E-state index is 0.125. The molecule has 7 nitrogen and oxygen atoms in total. The molecule has 1 aromatic heterocycles. The van der Waals surface area contributed by atoms with E-state index in [1.807, 2.05) is 7.05 Å². The number of carbonyl (C=O) groups is 2. The summed E-state index contributed by atoms with van der Waals surface area (Å²) in [5.41, 5.74) is 1.00. The lowest BCUT2D eigenvalue weighted by Gasteiger charge is -2.31. The highest BCUT2D eigenvalue weighted by atomic mass is 16.4. The van der Waals surface area contributed by atoms with Gasteiger partial charge < -0.3 is 14.9 Å². The predicted molar refractivity (Wildman–Crippen MR) is 68.0 cm³/mol. The number of carbonyl (C=O) groups excluding carboxylic acids is 1. The number of nitrogens with zero attached hydrogens (tertiary/aromatic N) is 4. The maximum atomic E-state index is 12.2. The Morgan fingerprint density at radius 1 is 1.32 bits per heavy atom. The third-order valence-electron chi connectivity index (χ3n) is 3.28. The molecule has 19 heavy (non-hydrogen) atoms. The van der Waals surface area contributed by atoms with E-state index in [1.54, 1.807) is 17.9 Å². The van der Waals surface area contributed by atoms with Crippen molar-refractivity contribution >= 4 is 11.9 Å². The molecule has 2 heterocycles. The molecule has 2 rings (SSSR count). The maximum absolute atomic E-state index is 12.2. The van der Waals surface area contributed by atoms with Crippen molar-refractivity contribution in [2.45, 2.75) is 13.5 Å². The third-order valence-corrected chi connectivity index (χ3v) is 3.28. The Labute approximate surface area is 111 Å². The molecule has 1 aliphatic heterocycles. The van der Waals surface area contributed by atoms with E-state index in [4.69, 9.17) is 5.11 Å². The zero-order chi connectivity index (χ0) is 14.0. The monoisotopic (exact) mass is 266 g/mol. The van der Waals surface area contributed by atoms with Crippen LogP contribution in [0.4, 0.5) is 0 Å². The highest BCUT2D eigenvalue weighted by Crippen LogP contribution is 2.09. The summed E-state index contributed by atoms with van der Waals surface area (Å²) in [6, 6.07) is 1.64. The van der Waals surface area contributed by atoms with Crippen LogP contribution >= 0.6 is 0 Å². The molecule has 0 saturated carbocycles. The fourth-order valence-corrected chi connectivity index (χ4v) is 2.07. The van der Waals surface area contributed by atoms with Crippen molar-refractivity contribution in [3.63, 3.8) is 0 Å². The first-order chi connectivity index (χ1) is 8.97. The van der Waals surface area contributed by atoms with E-state index < -0.39 is 5.97 Å². The molecule has 1 amide bonds. The summed E-state index contributed by atoms with van der Waals surface area (Å²) in [7, 11) is 2.02. The summed E-state index contributed by atoms with van der Waals surface area (Å²) in [5.74, 6) is -1.09. The van der Waals surface area contributed by atoms with Crippen LogP contribution in [0.3, 0.4) is 0 Å². The van der Waals surface area contributed by atoms with Gasteiger partial charge in [0.25, 0.3) is 5.91 Å². The number of aliphatic carboxylic acids is 1. The molecule has 7 heteroatoms. The van der Waals surface area contributed by atoms with Gasteiger partial charge in [-0.2, -0.15) is 5.10 Å². The summed E-state index contributed by atoms with van der Waals surface area (Å²) in [4.78, 5) is 26.8. The molecular formula is C12H18N4O3. The van der Waals surface area contributed by atoms with Gasteiger partial charge in [-0.3, -0.25) is 14.3 Å². The summed E-state index contributed by atoms with van der Waals surface area (Å²) < 4.78 is 1.34. The second-order valence-electron chi connectivity index (χ2n) is 4.82. The number of rotatable bonds is 3. The topological polar surface area (TPSA) is 78.7 Å². The van der Waals surface area contributed by atoms with Crippen LogP contribution in [0.1, 0.15) is 16.2 Å². The number of hydrogen-bond donors (Lipinski definition) is 1. The van der Waals surface area contributed by atoms with Crippen molar-refractivity contribution in [3.8, 4) is 0 Å². The minimum atomic E-state index is -0.968. The first kappa shape index (κ1) is 13.5. The van der Waals surface area contributed by atoms with Gasteiger partial charge in [0.1, 0.15) is 6.54 Å². The Hall–Kier alpha value is -1.89. The number of aromatic nitrogens is 2. The number of amides is 1. The van der Waals surface area contributed by atoms with Crippen molar-refractivity contribution < 1.29 is 14.7 Å². The van der Waals surface area contributed by atoms with Crippen molar-refractivity contribution in [2.24, 2.45) is 0 Å². The van der Waals surface area contributed by atoms with Crippen molar-refractivity contribution in [2.75, 3.05) is 33.2 Å². The van der Waals surface area contributed by atoms with Crippen LogP contribution in [0.25, 0.3) is 0 Å². The average molecular weight is 266 g/mol. The Kier molecular flexibility index (Phi) is 3.84. The normalized spacial score (nSPS) is 16.6. The number of aryl methyl sites for hydroxylation is 1. The zero-order valence-electron chi connectivity index (χ0n) is 11.2. The molecule has 1 saturated heterocycles. The molecule has 1 aromatic rings. The first-order valence-corrected chi connectivity index (χ1v) is 6.21. The van der Waals surface area contributed by atoms with Gasteiger partial charge in [-0.05, 0) is 20.0 Å². The van der Waals surface area contributed by atoms with Crippen LogP contribution in [0, 0.1) is 6.92 Å². The standard InChI is InChI=1S/C12H18N4O3/c1-9-7-10(13-16(9)8-11(17)18)12(19)15-5-3-14(2)4-6-15/h7H,3-6,8H2,1-2H3,(H,17,18). The van der Waals surface area contributed by atoms with Crippen LogP contribution < -0.4 is 0 Å². The molecule has 1 N–H and O–H groups in total. The smallest absolute Gasteiger partial charge is 0.325 e. The highest BCUT2D eigenvalue weighted by Gasteiger charge is 2.23. The minimum Gasteiger partial charge on any atom is -0.480 e. The van der Waals surface area contributed by atoms with Gasteiger partial charge in [-0.1, -0.05) is 0 Å². The Balaban J connectivity index is 2.09. The number of carboxylic acid groups (broad SMARTS) is 1. The Morgan fingerprint density at radius 3 is 2.53 bits per heavy atom. The van der Waals surface area contributed by atoms with Gasteiger partial charge in [0.05, 0.1) is 0 Å². The molecule has 0 radical (unpaired) electrons. The van der Waals surface area contributed by atoms with Crippen molar-refractivity contribution in [1.29, 1.82) is 0 Å². The van der Waals surface area contributed by atoms with E-state index in [1.165, 1.54) is 4.68 Å². The van der Waals surface area contributed by atoms with Crippen LogP contribution in [0.2, 0.25) is 0 Å². The maximum Gasteiger partial charge on any atom is 0.325 e. The molecule has 0 aromatic carbocycles. The van der Waals surface area contributed by atoms with Crippen LogP contribution in [0.5, 0.6) is 0 Å². The van der Waals surface area contributed by atoms with Gasteiger partial charge >= 0.3 is 5.97 Å². The zero-order valence-corrected chi connectivity index (χ0v) is 11.2. The molecule has 0 spiro atoms. The van der Waals surface area contributed by atoms with Crippen LogP contribution in [-0.4, -0.2) is 69.8 Å². The second-order valence-corrected chi connectivity index (χ2v) is 4.82. The molecule has 0 aliphatic carbocycles. The average Bonchev–Trinajstić information content (AvgIpc) is 2.70. The fourth-order valence-electron chi connectivity index (χ4n) is 2.07. The van der Waals surface area contributed by atoms with E-state index in [0.717, 1.165) is 13.1 Å². The van der Waals surface area contributed by atoms with Crippen LogP contribution in [0.15, 0.2) is 6.07 Å². The SMILES string of the molecule is Cc1cc(C(=O)N2CCN(C)CC2)nn1CC(=O)O. The predicted octanol–water partition coefficient (Wildman–Crippen LogP) is -0.336. The lowest BCUT2D eigenvalue weighted by atomic mass is 10.3. The van der Waals surface area contributed by atoms with Gasteiger partial charge in [0.2, 0.25) is 0 Å². The third kappa shape index (κ3) is 3.11. The van der Waals surface area contributed by atoms with Crippen molar-refractivity contribution in [3.05, 3.63) is 17.5 Å². The molecule has 104 valence electrons.